The number of aromatic nitrogens is 1. The van der Waals surface area contributed by atoms with Crippen molar-refractivity contribution < 1.29 is 12.8 Å². The van der Waals surface area contributed by atoms with Crippen LogP contribution in [0.2, 0.25) is 0 Å². The molecule has 14 heavy (non-hydrogen) atoms. The van der Waals surface area contributed by atoms with Crippen LogP contribution in [-0.4, -0.2) is 19.7 Å². The summed E-state index contributed by atoms with van der Waals surface area (Å²) >= 11 is 0. The number of nitrogens with one attached hydrogen (secondary N) is 1. The van der Waals surface area contributed by atoms with Crippen LogP contribution >= 0.6 is 0 Å². The van der Waals surface area contributed by atoms with Crippen molar-refractivity contribution in [1.82, 2.24) is 4.98 Å². The number of sulfone groups is 1. The molecular formula is C9H8FNO2S. The number of hydrogen-bond donors (Lipinski definition) is 1. The molecule has 0 atom stereocenters. The van der Waals surface area contributed by atoms with Gasteiger partial charge in [-0.2, -0.15) is 0 Å². The molecule has 2 rings (SSSR count). The fourth-order valence-corrected chi connectivity index (χ4v) is 2.22. The zero-order valence-electron chi connectivity index (χ0n) is 7.41. The molecule has 0 aliphatic rings. The highest BCUT2D eigenvalue weighted by molar-refractivity contribution is 7.91. The molecule has 1 heterocycles. The summed E-state index contributed by atoms with van der Waals surface area (Å²) in [5.41, 5.74) is 0.617. The van der Waals surface area contributed by atoms with Crippen LogP contribution in [0, 0.1) is 5.82 Å². The van der Waals surface area contributed by atoms with Crippen molar-refractivity contribution >= 4 is 20.7 Å². The molecule has 0 saturated heterocycles. The van der Waals surface area contributed by atoms with E-state index in [1.807, 2.05) is 0 Å². The van der Waals surface area contributed by atoms with Crippen molar-refractivity contribution in [2.75, 3.05) is 6.26 Å². The third-order valence-electron chi connectivity index (χ3n) is 2.01. The Morgan fingerprint density at radius 3 is 2.71 bits per heavy atom. The van der Waals surface area contributed by atoms with Gasteiger partial charge < -0.3 is 4.98 Å². The second-order valence-corrected chi connectivity index (χ2v) is 5.10. The van der Waals surface area contributed by atoms with Crippen LogP contribution in [0.4, 0.5) is 4.39 Å². The summed E-state index contributed by atoms with van der Waals surface area (Å²) in [5.74, 6) is -0.443. The molecule has 0 spiro atoms. The number of aromatic amines is 1. The van der Waals surface area contributed by atoms with Gasteiger partial charge in [-0.1, -0.05) is 0 Å². The lowest BCUT2D eigenvalue weighted by molar-refractivity contribution is 0.602. The fourth-order valence-electron chi connectivity index (χ4n) is 1.37. The molecule has 74 valence electrons. The average Bonchev–Trinajstić information content (AvgIpc) is 2.45. The van der Waals surface area contributed by atoms with Gasteiger partial charge in [-0.15, -0.1) is 0 Å². The summed E-state index contributed by atoms with van der Waals surface area (Å²) in [6.45, 7) is 0. The third kappa shape index (κ3) is 1.39. The predicted octanol–water partition coefficient (Wildman–Crippen LogP) is 1.71. The van der Waals surface area contributed by atoms with Gasteiger partial charge in [0, 0.05) is 23.4 Å². The van der Waals surface area contributed by atoms with Crippen molar-refractivity contribution in [3.05, 3.63) is 30.2 Å². The molecule has 0 fully saturated rings. The summed E-state index contributed by atoms with van der Waals surface area (Å²) in [6.07, 6.45) is 2.47. The summed E-state index contributed by atoms with van der Waals surface area (Å²) in [4.78, 5) is 2.91. The lowest BCUT2D eigenvalue weighted by Gasteiger charge is -1.94. The number of halogens is 1. The van der Waals surface area contributed by atoms with Crippen LogP contribution in [0.15, 0.2) is 29.3 Å². The molecule has 3 nitrogen and oxygen atoms in total. The van der Waals surface area contributed by atoms with Crippen LogP contribution in [0.3, 0.4) is 0 Å². The van der Waals surface area contributed by atoms with Crippen LogP contribution in [0.25, 0.3) is 10.9 Å². The van der Waals surface area contributed by atoms with Crippen molar-refractivity contribution in [2.45, 2.75) is 4.90 Å². The molecule has 0 amide bonds. The van der Waals surface area contributed by atoms with Gasteiger partial charge >= 0.3 is 0 Å². The Balaban J connectivity index is 2.87. The Labute approximate surface area is 80.5 Å². The molecule has 0 radical (unpaired) electrons. The Morgan fingerprint density at radius 2 is 2.07 bits per heavy atom. The molecule has 0 unspecified atom stereocenters. The van der Waals surface area contributed by atoms with Gasteiger partial charge in [0.2, 0.25) is 0 Å². The largest absolute Gasteiger partial charge is 0.360 e. The first kappa shape index (κ1) is 9.21. The summed E-state index contributed by atoms with van der Waals surface area (Å²) in [6, 6.07) is 4.01. The smallest absolute Gasteiger partial charge is 0.177 e. The summed E-state index contributed by atoms with van der Waals surface area (Å²) in [5, 5.41) is 0.396. The first-order valence-corrected chi connectivity index (χ1v) is 5.84. The highest BCUT2D eigenvalue weighted by Gasteiger charge is 2.13. The van der Waals surface area contributed by atoms with Crippen LogP contribution in [0.5, 0.6) is 0 Å². The maximum Gasteiger partial charge on any atom is 0.177 e. The fraction of sp³-hybridized carbons (Fsp3) is 0.111. The van der Waals surface area contributed by atoms with E-state index in [0.29, 0.717) is 10.9 Å². The maximum atomic E-state index is 12.9. The molecule has 0 aliphatic heterocycles. The number of hydrogen-bond acceptors (Lipinski definition) is 2. The zero-order chi connectivity index (χ0) is 10.3. The molecular weight excluding hydrogens is 205 g/mol. The molecule has 2 aromatic rings. The van der Waals surface area contributed by atoms with Gasteiger partial charge in [-0.3, -0.25) is 0 Å². The van der Waals surface area contributed by atoms with Gasteiger partial charge in [0.1, 0.15) is 5.82 Å². The topological polar surface area (TPSA) is 49.9 Å². The van der Waals surface area contributed by atoms with Crippen molar-refractivity contribution in [1.29, 1.82) is 0 Å². The Morgan fingerprint density at radius 1 is 1.36 bits per heavy atom. The minimum atomic E-state index is -3.30. The predicted molar refractivity (Wildman–Crippen MR) is 51.4 cm³/mol. The minimum absolute atomic E-state index is 0.131. The molecule has 1 aromatic carbocycles. The number of benzene rings is 1. The quantitative estimate of drug-likeness (QED) is 0.784. The van der Waals surface area contributed by atoms with E-state index in [-0.39, 0.29) is 4.90 Å². The van der Waals surface area contributed by atoms with Crippen LogP contribution in [0.1, 0.15) is 0 Å². The molecule has 0 bridgehead atoms. The van der Waals surface area contributed by atoms with E-state index in [4.69, 9.17) is 0 Å². The second kappa shape index (κ2) is 2.81. The Bertz CT molecular complexity index is 586. The van der Waals surface area contributed by atoms with Gasteiger partial charge in [-0.25, -0.2) is 12.8 Å². The Kier molecular flexibility index (Phi) is 1.85. The lowest BCUT2D eigenvalue weighted by atomic mass is 10.2. The second-order valence-electron chi connectivity index (χ2n) is 3.11. The maximum absolute atomic E-state index is 12.9. The van der Waals surface area contributed by atoms with E-state index in [9.17, 15) is 12.8 Å². The van der Waals surface area contributed by atoms with Crippen molar-refractivity contribution in [2.24, 2.45) is 0 Å². The monoisotopic (exact) mass is 213 g/mol. The first-order valence-electron chi connectivity index (χ1n) is 3.95. The van der Waals surface area contributed by atoms with Crippen LogP contribution < -0.4 is 0 Å². The normalized spacial score (nSPS) is 12.1. The van der Waals surface area contributed by atoms with Gasteiger partial charge in [0.05, 0.1) is 4.90 Å². The van der Waals surface area contributed by atoms with Gasteiger partial charge in [0.25, 0.3) is 0 Å². The molecule has 0 saturated carbocycles. The molecule has 1 N–H and O–H groups in total. The standard InChI is InChI=1S/C9H8FNO2S/c1-14(12,13)9-5-11-8-3-2-6(10)4-7(8)9/h2-5,11H,1H3. The molecule has 0 aliphatic carbocycles. The van der Waals surface area contributed by atoms with Crippen molar-refractivity contribution in [3.8, 4) is 0 Å². The first-order chi connectivity index (χ1) is 6.48. The summed E-state index contributed by atoms with van der Waals surface area (Å²) < 4.78 is 35.4. The van der Waals surface area contributed by atoms with E-state index in [1.165, 1.54) is 24.4 Å². The zero-order valence-corrected chi connectivity index (χ0v) is 8.23. The van der Waals surface area contributed by atoms with Gasteiger partial charge in [-0.05, 0) is 18.2 Å². The average molecular weight is 213 g/mol. The van der Waals surface area contributed by atoms with Gasteiger partial charge in [0.15, 0.2) is 9.84 Å². The minimum Gasteiger partial charge on any atom is -0.360 e. The van der Waals surface area contributed by atoms with E-state index < -0.39 is 15.7 Å². The van der Waals surface area contributed by atoms with Crippen molar-refractivity contribution in [3.63, 3.8) is 0 Å². The molecule has 5 heteroatoms. The van der Waals surface area contributed by atoms with Crippen LogP contribution in [-0.2, 0) is 9.84 Å². The van der Waals surface area contributed by atoms with E-state index in [2.05, 4.69) is 4.98 Å². The summed E-state index contributed by atoms with van der Waals surface area (Å²) in [7, 11) is -3.30. The number of fused-ring (bicyclic) bond motifs is 1. The number of H-pyrrole nitrogens is 1. The van der Waals surface area contributed by atoms with E-state index in [0.717, 1.165) is 6.26 Å². The molecule has 1 aromatic heterocycles. The highest BCUT2D eigenvalue weighted by atomic mass is 32.2. The van der Waals surface area contributed by atoms with E-state index in [1.54, 1.807) is 0 Å². The Hall–Kier alpha value is -1.36. The highest BCUT2D eigenvalue weighted by Crippen LogP contribution is 2.23. The lowest BCUT2D eigenvalue weighted by Crippen LogP contribution is -1.95. The third-order valence-corrected chi connectivity index (χ3v) is 3.14. The number of rotatable bonds is 1. The van der Waals surface area contributed by atoms with E-state index >= 15 is 0 Å². The SMILES string of the molecule is CS(=O)(=O)c1c[nH]c2ccc(F)cc12.